The molecule has 0 radical (unpaired) electrons. The lowest BCUT2D eigenvalue weighted by molar-refractivity contribution is -0.929. The molecule has 1 aliphatic carbocycles. The largest absolute Gasteiger partial charge is 0.379 e. The standard InChI is InChI=1S/C16H27N3O5S/c1-24-9-8-18(13-5-10-25(22,23)11-13)12-19-14(20)16(17-15(19)21)6-3-2-4-7-16/h13H,2-12H2,1H3,(H,17,21)/p+1/t13-/m1/s1. The van der Waals surface area contributed by atoms with Gasteiger partial charge in [-0.15, -0.1) is 0 Å². The number of nitrogens with zero attached hydrogens (tertiary/aromatic N) is 1. The molecular formula is C16H28N3O5S+. The molecule has 0 aromatic heterocycles. The van der Waals surface area contributed by atoms with Crippen LogP contribution in [-0.2, 0) is 19.4 Å². The second kappa shape index (κ2) is 7.20. The van der Waals surface area contributed by atoms with Gasteiger partial charge >= 0.3 is 6.03 Å². The maximum absolute atomic E-state index is 12.9. The van der Waals surface area contributed by atoms with E-state index in [2.05, 4.69) is 5.32 Å². The summed E-state index contributed by atoms with van der Waals surface area (Å²) in [7, 11) is -1.43. The Balaban J connectivity index is 1.72. The smallest absolute Gasteiger partial charge is 0.329 e. The Morgan fingerprint density at radius 3 is 2.60 bits per heavy atom. The lowest BCUT2D eigenvalue weighted by Crippen LogP contribution is -3.18. The summed E-state index contributed by atoms with van der Waals surface area (Å²) >= 11 is 0. The van der Waals surface area contributed by atoms with E-state index in [4.69, 9.17) is 4.74 Å². The molecule has 0 aromatic carbocycles. The van der Waals surface area contributed by atoms with Gasteiger partial charge in [0.05, 0.1) is 12.4 Å². The number of urea groups is 1. The predicted octanol–water partition coefficient (Wildman–Crippen LogP) is -1.08. The first-order valence-corrected chi connectivity index (χ1v) is 10.9. The molecule has 8 nitrogen and oxygen atoms in total. The van der Waals surface area contributed by atoms with Gasteiger partial charge in [0.1, 0.15) is 23.9 Å². The van der Waals surface area contributed by atoms with Crippen LogP contribution in [0, 0.1) is 0 Å². The Kier molecular flexibility index (Phi) is 5.36. The van der Waals surface area contributed by atoms with Gasteiger partial charge in [-0.25, -0.2) is 18.1 Å². The summed E-state index contributed by atoms with van der Waals surface area (Å²) in [5.74, 6) is 0.145. The number of rotatable bonds is 6. The number of nitrogens with one attached hydrogen (secondary N) is 2. The number of hydrogen-bond acceptors (Lipinski definition) is 5. The van der Waals surface area contributed by atoms with Crippen LogP contribution >= 0.6 is 0 Å². The average Bonchev–Trinajstić information content (AvgIpc) is 3.04. The zero-order chi connectivity index (χ0) is 18.1. The molecule has 3 amide bonds. The topological polar surface area (TPSA) is 97.2 Å². The van der Waals surface area contributed by atoms with Gasteiger partial charge in [-0.1, -0.05) is 19.3 Å². The van der Waals surface area contributed by atoms with Crippen LogP contribution in [0.15, 0.2) is 0 Å². The van der Waals surface area contributed by atoms with E-state index in [0.29, 0.717) is 32.4 Å². The van der Waals surface area contributed by atoms with Crippen LogP contribution in [0.4, 0.5) is 4.79 Å². The Labute approximate surface area is 148 Å². The van der Waals surface area contributed by atoms with Crippen molar-refractivity contribution in [3.63, 3.8) is 0 Å². The average molecular weight is 374 g/mol. The number of amides is 3. The molecule has 2 N–H and O–H groups in total. The van der Waals surface area contributed by atoms with Crippen molar-refractivity contribution in [3.8, 4) is 0 Å². The normalized spacial score (nSPS) is 29.2. The van der Waals surface area contributed by atoms with Crippen LogP contribution in [0.5, 0.6) is 0 Å². The van der Waals surface area contributed by atoms with E-state index in [1.807, 2.05) is 0 Å². The van der Waals surface area contributed by atoms with E-state index in [1.165, 1.54) is 4.90 Å². The van der Waals surface area contributed by atoms with Crippen molar-refractivity contribution in [3.05, 3.63) is 0 Å². The highest BCUT2D eigenvalue weighted by atomic mass is 32.2. The fourth-order valence-corrected chi connectivity index (χ4v) is 6.11. The third-order valence-electron chi connectivity index (χ3n) is 5.75. The number of sulfone groups is 1. The van der Waals surface area contributed by atoms with Gasteiger partial charge in [-0.3, -0.25) is 4.79 Å². The highest BCUT2D eigenvalue weighted by molar-refractivity contribution is 7.91. The molecular weight excluding hydrogens is 346 g/mol. The van der Waals surface area contributed by atoms with Crippen LogP contribution in [0.1, 0.15) is 38.5 Å². The summed E-state index contributed by atoms with van der Waals surface area (Å²) in [5, 5.41) is 2.91. The van der Waals surface area contributed by atoms with Crippen LogP contribution in [0.25, 0.3) is 0 Å². The molecule has 2 heterocycles. The number of hydrogen-bond donors (Lipinski definition) is 2. The third kappa shape index (κ3) is 3.83. The second-order valence-electron chi connectivity index (χ2n) is 7.47. The van der Waals surface area contributed by atoms with Crippen LogP contribution in [-0.4, -0.2) is 75.3 Å². The van der Waals surface area contributed by atoms with Gasteiger partial charge in [-0.2, -0.15) is 0 Å². The lowest BCUT2D eigenvalue weighted by Gasteiger charge is -2.31. The fraction of sp³-hybridized carbons (Fsp3) is 0.875. The first-order chi connectivity index (χ1) is 11.9. The van der Waals surface area contributed by atoms with Crippen LogP contribution < -0.4 is 10.2 Å². The number of quaternary nitrogens is 1. The molecule has 0 aromatic rings. The van der Waals surface area contributed by atoms with Crippen molar-refractivity contribution in [1.82, 2.24) is 10.2 Å². The maximum atomic E-state index is 12.9. The second-order valence-corrected chi connectivity index (χ2v) is 9.69. The molecule has 3 rings (SSSR count). The monoisotopic (exact) mass is 374 g/mol. The predicted molar refractivity (Wildman–Crippen MR) is 90.8 cm³/mol. The number of carbonyl (C=O) groups excluding carboxylic acids is 2. The quantitative estimate of drug-likeness (QED) is 0.576. The minimum Gasteiger partial charge on any atom is -0.379 e. The molecule has 25 heavy (non-hydrogen) atoms. The number of carbonyl (C=O) groups is 2. The molecule has 2 aliphatic heterocycles. The van der Waals surface area contributed by atoms with Gasteiger partial charge in [0.25, 0.3) is 5.91 Å². The summed E-state index contributed by atoms with van der Waals surface area (Å²) in [5.41, 5.74) is -0.733. The maximum Gasteiger partial charge on any atom is 0.329 e. The van der Waals surface area contributed by atoms with Crippen LogP contribution in [0.3, 0.4) is 0 Å². The molecule has 142 valence electrons. The molecule has 1 saturated carbocycles. The van der Waals surface area contributed by atoms with E-state index in [9.17, 15) is 18.0 Å². The van der Waals surface area contributed by atoms with Crippen molar-refractivity contribution in [2.75, 3.05) is 38.4 Å². The third-order valence-corrected chi connectivity index (χ3v) is 7.52. The molecule has 1 unspecified atom stereocenters. The van der Waals surface area contributed by atoms with E-state index in [0.717, 1.165) is 24.2 Å². The highest BCUT2D eigenvalue weighted by Crippen LogP contribution is 2.33. The van der Waals surface area contributed by atoms with Crippen molar-refractivity contribution >= 4 is 21.8 Å². The van der Waals surface area contributed by atoms with Gasteiger partial charge in [0.15, 0.2) is 16.5 Å². The fourth-order valence-electron chi connectivity index (χ4n) is 4.28. The number of ether oxygens (including phenoxy) is 1. The number of methoxy groups -OCH3 is 1. The molecule has 2 saturated heterocycles. The van der Waals surface area contributed by atoms with Gasteiger partial charge < -0.3 is 15.0 Å². The molecule has 3 aliphatic rings. The first-order valence-electron chi connectivity index (χ1n) is 9.05. The van der Waals surface area contributed by atoms with E-state index >= 15 is 0 Å². The first kappa shape index (κ1) is 18.6. The van der Waals surface area contributed by atoms with Crippen molar-refractivity contribution < 1.29 is 27.6 Å². The zero-order valence-electron chi connectivity index (χ0n) is 14.8. The summed E-state index contributed by atoms with van der Waals surface area (Å²) in [6.45, 7) is 1.23. The molecule has 9 heteroatoms. The Hall–Kier alpha value is -1.19. The van der Waals surface area contributed by atoms with Crippen LogP contribution in [0.2, 0.25) is 0 Å². The zero-order valence-corrected chi connectivity index (χ0v) is 15.6. The van der Waals surface area contributed by atoms with Crippen molar-refractivity contribution in [1.29, 1.82) is 0 Å². The van der Waals surface area contributed by atoms with Crippen molar-refractivity contribution in [2.45, 2.75) is 50.1 Å². The summed E-state index contributed by atoms with van der Waals surface area (Å²) in [6.07, 6.45) is 4.94. The molecule has 2 atom stereocenters. The van der Waals surface area contributed by atoms with Gasteiger partial charge in [0, 0.05) is 13.5 Å². The minimum absolute atomic E-state index is 0.0938. The Morgan fingerprint density at radius 2 is 2.00 bits per heavy atom. The Morgan fingerprint density at radius 1 is 1.28 bits per heavy atom. The Bertz CT molecular complexity index is 630. The van der Waals surface area contributed by atoms with E-state index in [-0.39, 0.29) is 36.2 Å². The van der Waals surface area contributed by atoms with Gasteiger partial charge in [-0.05, 0) is 12.8 Å². The SMILES string of the molecule is COCC[NH+](CN1C(=O)NC2(CCCCC2)C1=O)[C@@H]1CCS(=O)(=O)C1. The summed E-state index contributed by atoms with van der Waals surface area (Å²) in [4.78, 5) is 27.6. The summed E-state index contributed by atoms with van der Waals surface area (Å²) in [6, 6.07) is -0.439. The van der Waals surface area contributed by atoms with Gasteiger partial charge in [0.2, 0.25) is 0 Å². The highest BCUT2D eigenvalue weighted by Gasteiger charge is 2.52. The van der Waals surface area contributed by atoms with E-state index in [1.54, 1.807) is 7.11 Å². The minimum atomic E-state index is -3.02. The molecule has 1 spiro atoms. The summed E-state index contributed by atoms with van der Waals surface area (Å²) < 4.78 is 28.8. The molecule has 3 fully saturated rings. The van der Waals surface area contributed by atoms with E-state index < -0.39 is 15.4 Å². The van der Waals surface area contributed by atoms with Crippen molar-refractivity contribution in [2.24, 2.45) is 0 Å². The number of imide groups is 1. The molecule has 0 bridgehead atoms. The lowest BCUT2D eigenvalue weighted by atomic mass is 9.82.